The zero-order chi connectivity index (χ0) is 24.7. The van der Waals surface area contributed by atoms with Crippen molar-refractivity contribution < 1.29 is 14.3 Å². The maximum Gasteiger partial charge on any atom is 0.266 e. The quantitative estimate of drug-likeness (QED) is 0.230. The standard InChI is InChI=1S/C26H21BrCl2N2O3/c1-3-16-4-7-20(8-5-16)31-26(32)19(14-30)10-18-11-21(27)25(24(13-18)33-2)34-15-17-6-9-22(28)23(29)12-17/h4-13H,3,15H2,1-2H3,(H,31,32)/b19-10-. The molecule has 0 unspecified atom stereocenters. The Kier molecular flexibility index (Phi) is 9.00. The number of benzene rings is 3. The maximum absolute atomic E-state index is 12.6. The van der Waals surface area contributed by atoms with Crippen molar-refractivity contribution in [1.82, 2.24) is 0 Å². The summed E-state index contributed by atoms with van der Waals surface area (Å²) in [5, 5.41) is 13.2. The predicted octanol–water partition coefficient (Wildman–Crippen LogP) is 7.45. The van der Waals surface area contributed by atoms with Crippen LogP contribution in [0.3, 0.4) is 0 Å². The van der Waals surface area contributed by atoms with E-state index < -0.39 is 5.91 Å². The molecule has 1 amide bonds. The van der Waals surface area contributed by atoms with E-state index in [2.05, 4.69) is 28.2 Å². The minimum atomic E-state index is -0.498. The molecule has 0 spiro atoms. The lowest BCUT2D eigenvalue weighted by Crippen LogP contribution is -2.13. The molecule has 0 fully saturated rings. The minimum Gasteiger partial charge on any atom is -0.493 e. The predicted molar refractivity (Wildman–Crippen MR) is 140 cm³/mol. The van der Waals surface area contributed by atoms with Gasteiger partial charge in [0.2, 0.25) is 0 Å². The van der Waals surface area contributed by atoms with Gasteiger partial charge in [0.05, 0.1) is 21.6 Å². The van der Waals surface area contributed by atoms with Crippen LogP contribution < -0.4 is 14.8 Å². The highest BCUT2D eigenvalue weighted by molar-refractivity contribution is 9.10. The van der Waals surface area contributed by atoms with Gasteiger partial charge in [-0.25, -0.2) is 0 Å². The Morgan fingerprint density at radius 2 is 1.79 bits per heavy atom. The van der Waals surface area contributed by atoms with Gasteiger partial charge in [-0.1, -0.05) is 48.3 Å². The monoisotopic (exact) mass is 558 g/mol. The Hall–Kier alpha value is -2.98. The molecule has 1 N–H and O–H groups in total. The van der Waals surface area contributed by atoms with Crippen molar-refractivity contribution in [2.75, 3.05) is 12.4 Å². The van der Waals surface area contributed by atoms with Crippen molar-refractivity contribution in [3.63, 3.8) is 0 Å². The van der Waals surface area contributed by atoms with E-state index in [0.717, 1.165) is 17.5 Å². The number of nitrogens with one attached hydrogen (secondary N) is 1. The van der Waals surface area contributed by atoms with Crippen molar-refractivity contribution in [2.24, 2.45) is 0 Å². The van der Waals surface area contributed by atoms with Crippen LogP contribution in [0.2, 0.25) is 10.0 Å². The van der Waals surface area contributed by atoms with Gasteiger partial charge in [0.15, 0.2) is 11.5 Å². The first-order valence-corrected chi connectivity index (χ1v) is 11.9. The van der Waals surface area contributed by atoms with Crippen molar-refractivity contribution in [2.45, 2.75) is 20.0 Å². The number of carbonyl (C=O) groups is 1. The van der Waals surface area contributed by atoms with Crippen LogP contribution in [-0.4, -0.2) is 13.0 Å². The van der Waals surface area contributed by atoms with Gasteiger partial charge >= 0.3 is 0 Å². The highest BCUT2D eigenvalue weighted by atomic mass is 79.9. The Morgan fingerprint density at radius 1 is 1.09 bits per heavy atom. The number of carbonyl (C=O) groups excluding carboxylic acids is 1. The topological polar surface area (TPSA) is 71.4 Å². The lowest BCUT2D eigenvalue weighted by molar-refractivity contribution is -0.112. The first-order chi connectivity index (χ1) is 16.3. The fraction of sp³-hybridized carbons (Fsp3) is 0.154. The van der Waals surface area contributed by atoms with Gasteiger partial charge in [-0.05, 0) is 81.5 Å². The molecule has 174 valence electrons. The molecule has 0 saturated carbocycles. The zero-order valence-corrected chi connectivity index (χ0v) is 21.6. The molecule has 8 heteroatoms. The van der Waals surface area contributed by atoms with Crippen LogP contribution in [0.15, 0.2) is 64.6 Å². The number of anilines is 1. The molecule has 3 rings (SSSR count). The molecule has 0 bridgehead atoms. The smallest absolute Gasteiger partial charge is 0.266 e. The van der Waals surface area contributed by atoms with E-state index in [1.165, 1.54) is 13.2 Å². The summed E-state index contributed by atoms with van der Waals surface area (Å²) in [5.41, 5.74) is 3.17. The number of hydrogen-bond acceptors (Lipinski definition) is 4. The average Bonchev–Trinajstić information content (AvgIpc) is 2.84. The third kappa shape index (κ3) is 6.54. The second-order valence-corrected chi connectivity index (χ2v) is 8.91. The lowest BCUT2D eigenvalue weighted by atomic mass is 10.1. The molecule has 0 aromatic heterocycles. The molecule has 5 nitrogen and oxygen atoms in total. The second kappa shape index (κ2) is 11.9. The normalized spacial score (nSPS) is 11.0. The van der Waals surface area contributed by atoms with Crippen molar-refractivity contribution in [3.8, 4) is 17.6 Å². The number of aryl methyl sites for hydroxylation is 1. The van der Waals surface area contributed by atoms with Crippen molar-refractivity contribution in [3.05, 3.63) is 91.4 Å². The van der Waals surface area contributed by atoms with E-state index in [-0.39, 0.29) is 12.2 Å². The average molecular weight is 560 g/mol. The van der Waals surface area contributed by atoms with Crippen LogP contribution in [0.25, 0.3) is 6.08 Å². The molecule has 3 aromatic rings. The summed E-state index contributed by atoms with van der Waals surface area (Å²) < 4.78 is 12.0. The summed E-state index contributed by atoms with van der Waals surface area (Å²) >= 11 is 15.5. The van der Waals surface area contributed by atoms with Crippen LogP contribution in [0.4, 0.5) is 5.69 Å². The number of amides is 1. The molecule has 0 aliphatic carbocycles. The van der Waals surface area contributed by atoms with E-state index in [1.807, 2.05) is 36.4 Å². The number of ether oxygens (including phenoxy) is 2. The molecule has 0 aliphatic heterocycles. The van der Waals surface area contributed by atoms with E-state index in [4.69, 9.17) is 32.7 Å². The van der Waals surface area contributed by atoms with Crippen LogP contribution in [0.5, 0.6) is 11.5 Å². The van der Waals surface area contributed by atoms with Gasteiger partial charge in [-0.3, -0.25) is 4.79 Å². The Morgan fingerprint density at radius 3 is 2.41 bits per heavy atom. The SMILES string of the molecule is CCc1ccc(NC(=O)/C(C#N)=C\c2cc(Br)c(OCc3ccc(Cl)c(Cl)c3)c(OC)c2)cc1. The van der Waals surface area contributed by atoms with Crippen LogP contribution in [0.1, 0.15) is 23.6 Å². The zero-order valence-electron chi connectivity index (χ0n) is 18.5. The fourth-order valence-corrected chi connectivity index (χ4v) is 3.98. The highest BCUT2D eigenvalue weighted by Gasteiger charge is 2.15. The largest absolute Gasteiger partial charge is 0.493 e. The Labute approximate surface area is 217 Å². The number of halogens is 3. The van der Waals surface area contributed by atoms with Crippen LogP contribution >= 0.6 is 39.1 Å². The first kappa shape index (κ1) is 25.6. The summed E-state index contributed by atoms with van der Waals surface area (Å²) in [4.78, 5) is 12.6. The first-order valence-electron chi connectivity index (χ1n) is 10.3. The molecule has 34 heavy (non-hydrogen) atoms. The fourth-order valence-electron chi connectivity index (χ4n) is 3.09. The number of nitrogens with zero attached hydrogens (tertiary/aromatic N) is 1. The lowest BCUT2D eigenvalue weighted by Gasteiger charge is -2.14. The molecule has 3 aromatic carbocycles. The number of nitriles is 1. The van der Waals surface area contributed by atoms with Gasteiger partial charge in [0.1, 0.15) is 18.2 Å². The van der Waals surface area contributed by atoms with E-state index in [1.54, 1.807) is 24.3 Å². The molecule has 0 radical (unpaired) electrons. The number of methoxy groups -OCH3 is 1. The third-order valence-electron chi connectivity index (χ3n) is 4.92. The molecule has 0 heterocycles. The van der Waals surface area contributed by atoms with Crippen molar-refractivity contribution >= 4 is 56.8 Å². The maximum atomic E-state index is 12.6. The van der Waals surface area contributed by atoms with E-state index >= 15 is 0 Å². The number of hydrogen-bond donors (Lipinski definition) is 1. The highest BCUT2D eigenvalue weighted by Crippen LogP contribution is 2.38. The van der Waals surface area contributed by atoms with Crippen LogP contribution in [-0.2, 0) is 17.8 Å². The summed E-state index contributed by atoms with van der Waals surface area (Å²) in [6.45, 7) is 2.30. The summed E-state index contributed by atoms with van der Waals surface area (Å²) in [7, 11) is 1.51. The third-order valence-corrected chi connectivity index (χ3v) is 6.24. The van der Waals surface area contributed by atoms with Gasteiger partial charge in [0.25, 0.3) is 5.91 Å². The summed E-state index contributed by atoms with van der Waals surface area (Å²) in [5.74, 6) is 0.417. The molecule has 0 atom stereocenters. The van der Waals surface area contributed by atoms with Gasteiger partial charge < -0.3 is 14.8 Å². The summed E-state index contributed by atoms with van der Waals surface area (Å²) in [6, 6.07) is 18.1. The molecule has 0 aliphatic rings. The van der Waals surface area contributed by atoms with Gasteiger partial charge in [0, 0.05) is 5.69 Å². The minimum absolute atomic E-state index is 0.0435. The Bertz CT molecular complexity index is 1270. The second-order valence-electron chi connectivity index (χ2n) is 7.25. The van der Waals surface area contributed by atoms with Crippen molar-refractivity contribution in [1.29, 1.82) is 5.26 Å². The van der Waals surface area contributed by atoms with Gasteiger partial charge in [-0.15, -0.1) is 0 Å². The molecule has 0 saturated heterocycles. The van der Waals surface area contributed by atoms with E-state index in [0.29, 0.717) is 37.3 Å². The number of rotatable bonds is 8. The van der Waals surface area contributed by atoms with Crippen LogP contribution in [0, 0.1) is 11.3 Å². The Balaban J connectivity index is 1.79. The van der Waals surface area contributed by atoms with Gasteiger partial charge in [-0.2, -0.15) is 5.26 Å². The van der Waals surface area contributed by atoms with E-state index in [9.17, 15) is 10.1 Å². The molecular weight excluding hydrogens is 539 g/mol. The molecular formula is C26H21BrCl2N2O3. The summed E-state index contributed by atoms with van der Waals surface area (Å²) in [6.07, 6.45) is 2.40.